The molecule has 1 aliphatic rings. The van der Waals surface area contributed by atoms with Gasteiger partial charge in [-0.25, -0.2) is 19.3 Å². The maximum atomic E-state index is 13.2. The average Bonchev–Trinajstić information content (AvgIpc) is 3.55. The van der Waals surface area contributed by atoms with Crippen LogP contribution in [0.2, 0.25) is 0 Å². The number of thiazole rings is 1. The van der Waals surface area contributed by atoms with Crippen LogP contribution in [0, 0.1) is 5.82 Å². The zero-order valence-corrected chi connectivity index (χ0v) is 18.3. The van der Waals surface area contributed by atoms with E-state index in [1.54, 1.807) is 30.9 Å². The van der Waals surface area contributed by atoms with Crippen LogP contribution >= 0.6 is 11.3 Å². The third-order valence-electron chi connectivity index (χ3n) is 5.50. The van der Waals surface area contributed by atoms with E-state index in [1.807, 2.05) is 10.6 Å². The van der Waals surface area contributed by atoms with E-state index in [0.717, 1.165) is 21.5 Å². The van der Waals surface area contributed by atoms with Gasteiger partial charge in [-0.05, 0) is 30.7 Å². The molecule has 1 aromatic carbocycles. The number of imidazole rings is 1. The van der Waals surface area contributed by atoms with Gasteiger partial charge in [0, 0.05) is 25.4 Å². The minimum absolute atomic E-state index is 0.200. The number of aromatic nitrogens is 4. The number of hydrogen-bond donors (Lipinski definition) is 4. The van der Waals surface area contributed by atoms with Crippen molar-refractivity contribution >= 4 is 39.2 Å². The standard InChI is InChI=1S/C22H22FN7O2S/c23-14-3-1-13(2-4-14)18-11-27-22(33-18)29-19-9-16-15(10-26-19)28-12-30(16)8-7-25-21(32)20-17(31)5-6-24-20/h1-4,9-12,17,20,24,31H,5-8H2,(H,25,32)(H,26,27,29)/t17-,20-/m0/s1. The van der Waals surface area contributed by atoms with Crippen LogP contribution in [0.5, 0.6) is 0 Å². The number of aliphatic hydroxyl groups excluding tert-OH is 1. The summed E-state index contributed by atoms with van der Waals surface area (Å²) in [5.41, 5.74) is 2.51. The molecule has 0 radical (unpaired) electrons. The first-order valence-electron chi connectivity index (χ1n) is 10.6. The molecule has 170 valence electrons. The Morgan fingerprint density at radius 3 is 2.88 bits per heavy atom. The summed E-state index contributed by atoms with van der Waals surface area (Å²) >= 11 is 1.45. The van der Waals surface area contributed by atoms with Gasteiger partial charge in [-0.2, -0.15) is 0 Å². The summed E-state index contributed by atoms with van der Waals surface area (Å²) < 4.78 is 15.1. The largest absolute Gasteiger partial charge is 0.391 e. The Bertz CT molecular complexity index is 1270. The number of aliphatic hydroxyl groups is 1. The number of nitrogens with zero attached hydrogens (tertiary/aromatic N) is 4. The Morgan fingerprint density at radius 2 is 2.09 bits per heavy atom. The minimum Gasteiger partial charge on any atom is -0.391 e. The number of anilines is 2. The molecule has 9 nitrogen and oxygen atoms in total. The first-order chi connectivity index (χ1) is 16.1. The van der Waals surface area contributed by atoms with Crippen LogP contribution in [0.3, 0.4) is 0 Å². The third kappa shape index (κ3) is 4.70. The van der Waals surface area contributed by atoms with Crippen LogP contribution in [0.25, 0.3) is 21.5 Å². The Hall–Kier alpha value is -3.41. The zero-order valence-electron chi connectivity index (χ0n) is 17.5. The fraction of sp³-hybridized carbons (Fsp3) is 0.273. The van der Waals surface area contributed by atoms with E-state index in [1.165, 1.54) is 23.5 Å². The molecule has 0 bridgehead atoms. The predicted octanol–water partition coefficient (Wildman–Crippen LogP) is 2.28. The third-order valence-corrected chi connectivity index (χ3v) is 6.46. The van der Waals surface area contributed by atoms with Crippen molar-refractivity contribution in [3.63, 3.8) is 0 Å². The van der Waals surface area contributed by atoms with Crippen LogP contribution in [0.1, 0.15) is 6.42 Å². The summed E-state index contributed by atoms with van der Waals surface area (Å²) in [5, 5.41) is 19.6. The van der Waals surface area contributed by atoms with Gasteiger partial charge in [0.2, 0.25) is 5.91 Å². The molecule has 0 aliphatic carbocycles. The Morgan fingerprint density at radius 1 is 1.24 bits per heavy atom. The smallest absolute Gasteiger partial charge is 0.239 e. The molecular weight excluding hydrogens is 445 g/mol. The van der Waals surface area contributed by atoms with Gasteiger partial charge in [-0.15, -0.1) is 0 Å². The highest BCUT2D eigenvalue weighted by molar-refractivity contribution is 7.18. The molecule has 1 aliphatic heterocycles. The molecule has 5 rings (SSSR count). The monoisotopic (exact) mass is 467 g/mol. The first kappa shape index (κ1) is 21.4. The average molecular weight is 468 g/mol. The number of carbonyl (C=O) groups excluding carboxylic acids is 1. The van der Waals surface area contributed by atoms with Gasteiger partial charge in [0.25, 0.3) is 0 Å². The molecule has 33 heavy (non-hydrogen) atoms. The number of amides is 1. The van der Waals surface area contributed by atoms with Crippen LogP contribution in [-0.4, -0.2) is 55.8 Å². The molecule has 1 fully saturated rings. The highest BCUT2D eigenvalue weighted by Gasteiger charge is 2.30. The highest BCUT2D eigenvalue weighted by Crippen LogP contribution is 2.30. The second-order valence-corrected chi connectivity index (χ2v) is 8.77. The second kappa shape index (κ2) is 9.22. The van der Waals surface area contributed by atoms with E-state index in [0.29, 0.717) is 37.0 Å². The maximum absolute atomic E-state index is 13.2. The molecule has 0 spiro atoms. The van der Waals surface area contributed by atoms with Gasteiger partial charge >= 0.3 is 0 Å². The van der Waals surface area contributed by atoms with Crippen molar-refractivity contribution in [3.05, 3.63) is 54.9 Å². The van der Waals surface area contributed by atoms with Gasteiger partial charge in [0.05, 0.1) is 29.0 Å². The fourth-order valence-electron chi connectivity index (χ4n) is 3.76. The van der Waals surface area contributed by atoms with Gasteiger partial charge in [-0.1, -0.05) is 23.5 Å². The van der Waals surface area contributed by atoms with Crippen LogP contribution in [-0.2, 0) is 11.3 Å². The number of benzene rings is 1. The van der Waals surface area contributed by atoms with Gasteiger partial charge in [-0.3, -0.25) is 4.79 Å². The van der Waals surface area contributed by atoms with Gasteiger partial charge in [0.15, 0.2) is 5.13 Å². The SMILES string of the molecule is O=C(NCCn1cnc2cnc(Nc3ncc(-c4ccc(F)cc4)s3)cc21)[C@H]1NCC[C@@H]1O. The molecular formula is C22H22FN7O2S. The highest BCUT2D eigenvalue weighted by atomic mass is 32.1. The van der Waals surface area contributed by atoms with Crippen molar-refractivity contribution in [2.75, 3.05) is 18.4 Å². The lowest BCUT2D eigenvalue weighted by molar-refractivity contribution is -0.124. The number of hydrogen-bond acceptors (Lipinski definition) is 8. The topological polar surface area (TPSA) is 117 Å². The second-order valence-electron chi connectivity index (χ2n) is 7.74. The lowest BCUT2D eigenvalue weighted by atomic mass is 10.1. The van der Waals surface area contributed by atoms with E-state index >= 15 is 0 Å². The van der Waals surface area contributed by atoms with E-state index in [-0.39, 0.29) is 11.7 Å². The summed E-state index contributed by atoms with van der Waals surface area (Å²) in [4.78, 5) is 26.3. The van der Waals surface area contributed by atoms with Gasteiger partial charge < -0.3 is 25.6 Å². The summed E-state index contributed by atoms with van der Waals surface area (Å²) in [6, 6.07) is 7.62. The van der Waals surface area contributed by atoms with Gasteiger partial charge in [0.1, 0.15) is 23.2 Å². The Labute approximate surface area is 192 Å². The van der Waals surface area contributed by atoms with E-state index in [4.69, 9.17) is 0 Å². The molecule has 0 saturated carbocycles. The van der Waals surface area contributed by atoms with Crippen molar-refractivity contribution in [2.45, 2.75) is 25.1 Å². The van der Waals surface area contributed by atoms with Crippen molar-refractivity contribution in [1.29, 1.82) is 0 Å². The lowest BCUT2D eigenvalue weighted by Crippen LogP contribution is -2.46. The number of fused-ring (bicyclic) bond motifs is 1. The number of carbonyl (C=O) groups is 1. The number of halogens is 1. The fourth-order valence-corrected chi connectivity index (χ4v) is 4.59. The van der Waals surface area contributed by atoms with E-state index < -0.39 is 12.1 Å². The number of nitrogens with one attached hydrogen (secondary N) is 3. The molecule has 2 atom stereocenters. The van der Waals surface area contributed by atoms with Crippen molar-refractivity contribution < 1.29 is 14.3 Å². The molecule has 0 unspecified atom stereocenters. The van der Waals surface area contributed by atoms with Crippen molar-refractivity contribution in [3.8, 4) is 10.4 Å². The molecule has 1 saturated heterocycles. The number of pyridine rings is 1. The normalized spacial score (nSPS) is 18.0. The molecule has 11 heteroatoms. The van der Waals surface area contributed by atoms with Crippen LogP contribution in [0.15, 0.2) is 49.1 Å². The van der Waals surface area contributed by atoms with Crippen molar-refractivity contribution in [1.82, 2.24) is 30.2 Å². The maximum Gasteiger partial charge on any atom is 0.239 e. The molecule has 1 amide bonds. The summed E-state index contributed by atoms with van der Waals surface area (Å²) in [6.07, 6.45) is 5.06. The Kier molecular flexibility index (Phi) is 5.99. The summed E-state index contributed by atoms with van der Waals surface area (Å²) in [7, 11) is 0. The summed E-state index contributed by atoms with van der Waals surface area (Å²) in [6.45, 7) is 1.58. The van der Waals surface area contributed by atoms with E-state index in [2.05, 4.69) is 30.9 Å². The molecule has 3 aromatic heterocycles. The first-order valence-corrected chi connectivity index (χ1v) is 11.4. The van der Waals surface area contributed by atoms with Crippen LogP contribution < -0.4 is 16.0 Å². The lowest BCUT2D eigenvalue weighted by Gasteiger charge is -2.15. The Balaban J connectivity index is 1.25. The zero-order chi connectivity index (χ0) is 22.8. The summed E-state index contributed by atoms with van der Waals surface area (Å²) in [5.74, 6) is 0.142. The minimum atomic E-state index is -0.645. The quantitative estimate of drug-likeness (QED) is 0.329. The van der Waals surface area contributed by atoms with E-state index in [9.17, 15) is 14.3 Å². The van der Waals surface area contributed by atoms with Crippen LogP contribution in [0.4, 0.5) is 15.3 Å². The van der Waals surface area contributed by atoms with Crippen molar-refractivity contribution in [2.24, 2.45) is 0 Å². The molecule has 4 heterocycles. The molecule has 4 aromatic rings. The molecule has 4 N–H and O–H groups in total. The number of rotatable bonds is 7. The predicted molar refractivity (Wildman–Crippen MR) is 124 cm³/mol.